The first-order valence-electron chi connectivity index (χ1n) is 7.30. The van der Waals surface area contributed by atoms with Crippen LogP contribution in [0.2, 0.25) is 0 Å². The number of nitrogens with one attached hydrogen (secondary N) is 1. The zero-order chi connectivity index (χ0) is 18.0. The summed E-state index contributed by atoms with van der Waals surface area (Å²) in [5, 5.41) is 18.1. The van der Waals surface area contributed by atoms with Crippen molar-refractivity contribution >= 4 is 34.8 Å². The zero-order valence-corrected chi connectivity index (χ0v) is 14.3. The van der Waals surface area contributed by atoms with Crippen molar-refractivity contribution in [3.63, 3.8) is 0 Å². The lowest BCUT2D eigenvalue weighted by molar-refractivity contribution is -0.384. The molecule has 0 atom stereocenters. The number of amides is 1. The van der Waals surface area contributed by atoms with E-state index in [1.54, 1.807) is 10.6 Å². The topological polar surface area (TPSA) is 115 Å². The molecule has 9 nitrogen and oxygen atoms in total. The van der Waals surface area contributed by atoms with Crippen molar-refractivity contribution in [2.24, 2.45) is 0 Å². The van der Waals surface area contributed by atoms with E-state index in [0.29, 0.717) is 16.6 Å². The number of fused-ring (bicyclic) bond motifs is 1. The van der Waals surface area contributed by atoms with Gasteiger partial charge in [-0.05, 0) is 26.0 Å². The molecule has 128 valence electrons. The molecule has 2 aromatic heterocycles. The molecule has 0 aliphatic rings. The van der Waals surface area contributed by atoms with Gasteiger partial charge in [0.2, 0.25) is 11.1 Å². The minimum atomic E-state index is -0.512. The number of anilines is 1. The predicted molar refractivity (Wildman–Crippen MR) is 92.7 cm³/mol. The standard InChI is InChI=1S/C15H14N6O3S/c1-9-6-10(2)20-14(16-9)18-15(19-20)25-8-13(22)17-11-4-3-5-12(7-11)21(23)24/h3-7H,8H2,1-2H3,(H,17,22). The van der Waals surface area contributed by atoms with E-state index in [4.69, 9.17) is 0 Å². The molecule has 1 amide bonds. The number of hydrogen-bond donors (Lipinski definition) is 1. The fourth-order valence-corrected chi connectivity index (χ4v) is 2.85. The molecule has 0 radical (unpaired) electrons. The Balaban J connectivity index is 1.65. The molecule has 0 unspecified atom stereocenters. The van der Waals surface area contributed by atoms with Gasteiger partial charge < -0.3 is 5.32 Å². The van der Waals surface area contributed by atoms with Gasteiger partial charge in [-0.1, -0.05) is 17.8 Å². The maximum absolute atomic E-state index is 12.0. The number of benzene rings is 1. The van der Waals surface area contributed by atoms with E-state index in [2.05, 4.69) is 20.4 Å². The van der Waals surface area contributed by atoms with E-state index in [1.165, 1.54) is 30.0 Å². The summed E-state index contributed by atoms with van der Waals surface area (Å²) in [7, 11) is 0. The molecule has 25 heavy (non-hydrogen) atoms. The highest BCUT2D eigenvalue weighted by Crippen LogP contribution is 2.19. The van der Waals surface area contributed by atoms with E-state index in [9.17, 15) is 14.9 Å². The number of non-ortho nitro benzene ring substituents is 1. The Morgan fingerprint density at radius 2 is 2.12 bits per heavy atom. The van der Waals surface area contributed by atoms with Crippen molar-refractivity contribution in [3.8, 4) is 0 Å². The largest absolute Gasteiger partial charge is 0.325 e. The van der Waals surface area contributed by atoms with Crippen LogP contribution in [0.15, 0.2) is 35.5 Å². The van der Waals surface area contributed by atoms with Gasteiger partial charge in [0, 0.05) is 29.2 Å². The van der Waals surface area contributed by atoms with Crippen molar-refractivity contribution in [1.82, 2.24) is 19.6 Å². The van der Waals surface area contributed by atoms with Gasteiger partial charge in [0.15, 0.2) is 0 Å². The number of nitrogens with zero attached hydrogens (tertiary/aromatic N) is 5. The Kier molecular flexibility index (Phi) is 4.61. The highest BCUT2D eigenvalue weighted by Gasteiger charge is 2.12. The van der Waals surface area contributed by atoms with Crippen LogP contribution in [-0.4, -0.2) is 36.2 Å². The average molecular weight is 358 g/mol. The van der Waals surface area contributed by atoms with Crippen LogP contribution >= 0.6 is 11.8 Å². The maximum Gasteiger partial charge on any atom is 0.271 e. The third-order valence-electron chi connectivity index (χ3n) is 3.27. The third-order valence-corrected chi connectivity index (χ3v) is 4.11. The molecular weight excluding hydrogens is 344 g/mol. The van der Waals surface area contributed by atoms with Crippen molar-refractivity contribution < 1.29 is 9.72 Å². The Labute approximate surface area is 146 Å². The summed E-state index contributed by atoms with van der Waals surface area (Å²) < 4.78 is 1.62. The van der Waals surface area contributed by atoms with E-state index in [0.717, 1.165) is 11.4 Å². The molecule has 0 spiro atoms. The van der Waals surface area contributed by atoms with Crippen molar-refractivity contribution in [3.05, 3.63) is 51.8 Å². The summed E-state index contributed by atoms with van der Waals surface area (Å²) in [4.78, 5) is 30.8. The summed E-state index contributed by atoms with van der Waals surface area (Å²) in [6.07, 6.45) is 0. The van der Waals surface area contributed by atoms with E-state index >= 15 is 0 Å². The second-order valence-electron chi connectivity index (χ2n) is 5.29. The van der Waals surface area contributed by atoms with Crippen LogP contribution in [0.25, 0.3) is 5.78 Å². The Morgan fingerprint density at radius 1 is 1.32 bits per heavy atom. The quantitative estimate of drug-likeness (QED) is 0.423. The van der Waals surface area contributed by atoms with Crippen LogP contribution < -0.4 is 5.32 Å². The first-order chi connectivity index (χ1) is 11.9. The van der Waals surface area contributed by atoms with Gasteiger partial charge in [-0.15, -0.1) is 5.10 Å². The number of aryl methyl sites for hydroxylation is 2. The lowest BCUT2D eigenvalue weighted by Gasteiger charge is -2.03. The summed E-state index contributed by atoms with van der Waals surface area (Å²) in [6, 6.07) is 7.67. The molecule has 3 rings (SSSR count). The Morgan fingerprint density at radius 3 is 2.88 bits per heavy atom. The molecule has 1 aromatic carbocycles. The second-order valence-corrected chi connectivity index (χ2v) is 6.23. The smallest absolute Gasteiger partial charge is 0.271 e. The highest BCUT2D eigenvalue weighted by atomic mass is 32.2. The second kappa shape index (κ2) is 6.85. The normalized spacial score (nSPS) is 10.8. The number of aromatic nitrogens is 4. The molecule has 0 aliphatic carbocycles. The minimum absolute atomic E-state index is 0.0793. The lowest BCUT2D eigenvalue weighted by atomic mass is 10.3. The average Bonchev–Trinajstić information content (AvgIpc) is 2.96. The fraction of sp³-hybridized carbons (Fsp3) is 0.200. The number of carbonyl (C=O) groups is 1. The SMILES string of the molecule is Cc1cc(C)n2nc(SCC(=O)Nc3cccc([N+](=O)[O-])c3)nc2n1. The molecule has 2 heterocycles. The highest BCUT2D eigenvalue weighted by molar-refractivity contribution is 7.99. The molecule has 3 aromatic rings. The third kappa shape index (κ3) is 3.91. The van der Waals surface area contributed by atoms with Gasteiger partial charge in [0.1, 0.15) is 0 Å². The van der Waals surface area contributed by atoms with Crippen molar-refractivity contribution in [2.75, 3.05) is 11.1 Å². The number of thioether (sulfide) groups is 1. The first kappa shape index (κ1) is 16.8. The zero-order valence-electron chi connectivity index (χ0n) is 13.5. The first-order valence-corrected chi connectivity index (χ1v) is 8.29. The van der Waals surface area contributed by atoms with Crippen molar-refractivity contribution in [1.29, 1.82) is 0 Å². The Hall–Kier alpha value is -3.01. The van der Waals surface area contributed by atoms with E-state index in [1.807, 2.05) is 19.9 Å². The minimum Gasteiger partial charge on any atom is -0.325 e. The lowest BCUT2D eigenvalue weighted by Crippen LogP contribution is -2.14. The fourth-order valence-electron chi connectivity index (χ4n) is 2.23. The number of hydrogen-bond acceptors (Lipinski definition) is 7. The number of nitro groups is 1. The van der Waals surface area contributed by atoms with E-state index < -0.39 is 4.92 Å². The van der Waals surface area contributed by atoms with Gasteiger partial charge >= 0.3 is 0 Å². The summed E-state index contributed by atoms with van der Waals surface area (Å²) in [6.45, 7) is 3.78. The van der Waals surface area contributed by atoms with Gasteiger partial charge in [-0.2, -0.15) is 4.98 Å². The molecule has 0 fully saturated rings. The summed E-state index contributed by atoms with van der Waals surface area (Å²) in [5.41, 5.74) is 2.04. The molecule has 0 saturated heterocycles. The molecule has 0 saturated carbocycles. The van der Waals surface area contributed by atoms with Crippen LogP contribution in [0.5, 0.6) is 0 Å². The molecular formula is C15H14N6O3S. The monoisotopic (exact) mass is 358 g/mol. The Bertz CT molecular complexity index is 971. The number of nitro benzene ring substituents is 1. The van der Waals surface area contributed by atoms with Crippen LogP contribution in [0.4, 0.5) is 11.4 Å². The molecule has 10 heteroatoms. The van der Waals surface area contributed by atoms with Gasteiger partial charge in [-0.3, -0.25) is 14.9 Å². The van der Waals surface area contributed by atoms with Gasteiger partial charge in [0.05, 0.1) is 10.7 Å². The van der Waals surface area contributed by atoms with Crippen LogP contribution in [0, 0.1) is 24.0 Å². The summed E-state index contributed by atoms with van der Waals surface area (Å²) in [5.74, 6) is 0.266. The van der Waals surface area contributed by atoms with Crippen molar-refractivity contribution in [2.45, 2.75) is 19.0 Å². The maximum atomic E-state index is 12.0. The molecule has 0 bridgehead atoms. The number of rotatable bonds is 5. The summed E-state index contributed by atoms with van der Waals surface area (Å²) >= 11 is 1.17. The number of carbonyl (C=O) groups excluding carboxylic acids is 1. The molecule has 1 N–H and O–H groups in total. The van der Waals surface area contributed by atoms with Crippen LogP contribution in [-0.2, 0) is 4.79 Å². The van der Waals surface area contributed by atoms with Crippen LogP contribution in [0.3, 0.4) is 0 Å². The van der Waals surface area contributed by atoms with Gasteiger partial charge in [0.25, 0.3) is 11.5 Å². The van der Waals surface area contributed by atoms with Gasteiger partial charge in [-0.25, -0.2) is 9.50 Å². The van der Waals surface area contributed by atoms with Crippen LogP contribution in [0.1, 0.15) is 11.4 Å². The van der Waals surface area contributed by atoms with E-state index in [-0.39, 0.29) is 17.3 Å². The predicted octanol–water partition coefficient (Wildman–Crippen LogP) is 2.38. The molecule has 0 aliphatic heterocycles.